The second-order valence-corrected chi connectivity index (χ2v) is 4.80. The molecule has 1 aliphatic heterocycles. The molecule has 1 fully saturated rings. The highest BCUT2D eigenvalue weighted by atomic mass is 16.6. The van der Waals surface area contributed by atoms with Crippen molar-refractivity contribution in [2.24, 2.45) is 0 Å². The van der Waals surface area contributed by atoms with Crippen LogP contribution in [0.2, 0.25) is 0 Å². The fourth-order valence-corrected chi connectivity index (χ4v) is 1.51. The summed E-state index contributed by atoms with van der Waals surface area (Å²) in [6, 6.07) is 1.40. The maximum absolute atomic E-state index is 11.4. The molecule has 1 heterocycles. The molecule has 2 atom stereocenters. The summed E-state index contributed by atoms with van der Waals surface area (Å²) in [4.78, 5) is 11.4. The smallest absolute Gasteiger partial charge is 0.408 e. The zero-order chi connectivity index (χ0) is 12.2. The van der Waals surface area contributed by atoms with Crippen molar-refractivity contribution in [3.05, 3.63) is 0 Å². The summed E-state index contributed by atoms with van der Waals surface area (Å²) in [5.74, 6) is 0. The van der Waals surface area contributed by atoms with Gasteiger partial charge in [0.05, 0.1) is 12.2 Å². The largest absolute Gasteiger partial charge is 0.444 e. The monoisotopic (exact) mass is 226 g/mol. The SMILES string of the molecule is CC(C)(C)OC(=O)N[C@H](C#N)[C@H]1CCCO1. The van der Waals surface area contributed by atoms with Gasteiger partial charge in [0.1, 0.15) is 11.6 Å². The molecule has 5 nitrogen and oxygen atoms in total. The third-order valence-electron chi connectivity index (χ3n) is 2.15. The lowest BCUT2D eigenvalue weighted by molar-refractivity contribution is 0.0421. The molecule has 0 spiro atoms. The van der Waals surface area contributed by atoms with Crippen LogP contribution < -0.4 is 5.32 Å². The maximum atomic E-state index is 11.4. The van der Waals surface area contributed by atoms with Crippen molar-refractivity contribution in [2.45, 2.75) is 51.4 Å². The molecule has 16 heavy (non-hydrogen) atoms. The maximum Gasteiger partial charge on any atom is 0.408 e. The highest BCUT2D eigenvalue weighted by molar-refractivity contribution is 5.68. The molecule has 0 saturated carbocycles. The van der Waals surface area contributed by atoms with Gasteiger partial charge >= 0.3 is 6.09 Å². The molecule has 1 saturated heterocycles. The molecule has 0 bridgehead atoms. The summed E-state index contributed by atoms with van der Waals surface area (Å²) in [7, 11) is 0. The van der Waals surface area contributed by atoms with Gasteiger partial charge in [-0.15, -0.1) is 0 Å². The Morgan fingerprint density at radius 2 is 2.31 bits per heavy atom. The van der Waals surface area contributed by atoms with Gasteiger partial charge in [0.2, 0.25) is 0 Å². The highest BCUT2D eigenvalue weighted by Crippen LogP contribution is 2.16. The Labute approximate surface area is 95.7 Å². The van der Waals surface area contributed by atoms with Gasteiger partial charge in [-0.25, -0.2) is 4.79 Å². The van der Waals surface area contributed by atoms with Gasteiger partial charge in [-0.3, -0.25) is 0 Å². The van der Waals surface area contributed by atoms with Crippen molar-refractivity contribution in [1.82, 2.24) is 5.32 Å². The molecule has 0 aromatic rings. The van der Waals surface area contributed by atoms with E-state index < -0.39 is 17.7 Å². The first-order chi connectivity index (χ1) is 7.42. The van der Waals surface area contributed by atoms with Gasteiger partial charge in [-0.1, -0.05) is 0 Å². The first-order valence-electron chi connectivity index (χ1n) is 5.43. The predicted molar refractivity (Wildman–Crippen MR) is 57.7 cm³/mol. The van der Waals surface area contributed by atoms with Gasteiger partial charge in [-0.2, -0.15) is 5.26 Å². The second kappa shape index (κ2) is 5.17. The number of rotatable bonds is 2. The summed E-state index contributed by atoms with van der Waals surface area (Å²) in [6.45, 7) is 5.99. The first-order valence-corrected chi connectivity index (χ1v) is 5.43. The number of nitrogens with one attached hydrogen (secondary N) is 1. The van der Waals surface area contributed by atoms with E-state index in [0.29, 0.717) is 6.61 Å². The first kappa shape index (κ1) is 12.8. The average molecular weight is 226 g/mol. The molecule has 0 aliphatic carbocycles. The molecule has 0 radical (unpaired) electrons. The van der Waals surface area contributed by atoms with Crippen LogP contribution in [-0.4, -0.2) is 30.4 Å². The normalized spacial score (nSPS) is 22.2. The molecular formula is C11H18N2O3. The molecule has 5 heteroatoms. The Kier molecular flexibility index (Phi) is 4.13. The average Bonchev–Trinajstić information content (AvgIpc) is 2.63. The lowest BCUT2D eigenvalue weighted by atomic mass is 10.1. The van der Waals surface area contributed by atoms with Gasteiger partial charge in [0.15, 0.2) is 0 Å². The second-order valence-electron chi connectivity index (χ2n) is 4.80. The molecule has 1 rings (SSSR count). The molecule has 1 amide bonds. The quantitative estimate of drug-likeness (QED) is 0.776. The van der Waals surface area contributed by atoms with Crippen molar-refractivity contribution in [1.29, 1.82) is 5.26 Å². The highest BCUT2D eigenvalue weighted by Gasteiger charge is 2.28. The standard InChI is InChI=1S/C11H18N2O3/c1-11(2,3)16-10(14)13-8(7-12)9-5-4-6-15-9/h8-9H,4-6H2,1-3H3,(H,13,14)/t8-,9-/m1/s1. The van der Waals surface area contributed by atoms with Gasteiger partial charge in [-0.05, 0) is 33.6 Å². The lowest BCUT2D eigenvalue weighted by Gasteiger charge is -2.22. The van der Waals surface area contributed by atoms with E-state index in [1.807, 2.05) is 6.07 Å². The third-order valence-corrected chi connectivity index (χ3v) is 2.15. The van der Waals surface area contributed by atoms with Crippen molar-refractivity contribution < 1.29 is 14.3 Å². The summed E-state index contributed by atoms with van der Waals surface area (Å²) in [6.07, 6.45) is 0.944. The number of hydrogen-bond donors (Lipinski definition) is 1. The van der Waals surface area contributed by atoms with E-state index in [0.717, 1.165) is 12.8 Å². The molecule has 90 valence electrons. The van der Waals surface area contributed by atoms with Crippen LogP contribution in [-0.2, 0) is 9.47 Å². The zero-order valence-electron chi connectivity index (χ0n) is 9.95. The number of amides is 1. The Bertz CT molecular complexity index is 285. The van der Waals surface area contributed by atoms with Crippen LogP contribution in [0.4, 0.5) is 4.79 Å². The number of carbonyl (C=O) groups excluding carboxylic acids is 1. The number of ether oxygens (including phenoxy) is 2. The van der Waals surface area contributed by atoms with E-state index in [1.165, 1.54) is 0 Å². The summed E-state index contributed by atoms with van der Waals surface area (Å²) in [5, 5.41) is 11.5. The van der Waals surface area contributed by atoms with Crippen molar-refractivity contribution in [3.63, 3.8) is 0 Å². The van der Waals surface area contributed by atoms with Crippen LogP contribution in [0.5, 0.6) is 0 Å². The lowest BCUT2D eigenvalue weighted by Crippen LogP contribution is -2.44. The van der Waals surface area contributed by atoms with Crippen LogP contribution >= 0.6 is 0 Å². The van der Waals surface area contributed by atoms with Crippen LogP contribution in [0.15, 0.2) is 0 Å². The van der Waals surface area contributed by atoms with Crippen LogP contribution in [0.1, 0.15) is 33.6 Å². The van der Waals surface area contributed by atoms with Crippen LogP contribution in [0, 0.1) is 11.3 Å². The topological polar surface area (TPSA) is 71.3 Å². The summed E-state index contributed by atoms with van der Waals surface area (Å²) < 4.78 is 10.4. The number of nitrogens with zero attached hydrogens (tertiary/aromatic N) is 1. The number of nitriles is 1. The van der Waals surface area contributed by atoms with Gasteiger partial charge in [0, 0.05) is 6.61 Å². The van der Waals surface area contributed by atoms with E-state index in [4.69, 9.17) is 14.7 Å². The molecule has 0 aromatic carbocycles. The predicted octanol–water partition coefficient (Wildman–Crippen LogP) is 1.58. The minimum absolute atomic E-state index is 0.211. The molecule has 1 aliphatic rings. The van der Waals surface area contributed by atoms with E-state index in [2.05, 4.69) is 5.32 Å². The van der Waals surface area contributed by atoms with E-state index in [1.54, 1.807) is 20.8 Å². The zero-order valence-corrected chi connectivity index (χ0v) is 9.95. The summed E-state index contributed by atoms with van der Waals surface area (Å²) >= 11 is 0. The fraction of sp³-hybridized carbons (Fsp3) is 0.818. The van der Waals surface area contributed by atoms with Crippen molar-refractivity contribution in [3.8, 4) is 6.07 Å². The summed E-state index contributed by atoms with van der Waals surface area (Å²) in [5.41, 5.74) is -0.555. The molecular weight excluding hydrogens is 208 g/mol. The molecule has 0 aromatic heterocycles. The number of carbonyl (C=O) groups is 1. The molecule has 0 unspecified atom stereocenters. The van der Waals surface area contributed by atoms with E-state index in [9.17, 15) is 4.79 Å². The Balaban J connectivity index is 2.44. The van der Waals surface area contributed by atoms with E-state index >= 15 is 0 Å². The Hall–Kier alpha value is -1.28. The Morgan fingerprint density at radius 1 is 1.62 bits per heavy atom. The number of alkyl carbamates (subject to hydrolysis) is 1. The Morgan fingerprint density at radius 3 is 2.75 bits per heavy atom. The van der Waals surface area contributed by atoms with Crippen LogP contribution in [0.25, 0.3) is 0 Å². The minimum Gasteiger partial charge on any atom is -0.444 e. The van der Waals surface area contributed by atoms with E-state index in [-0.39, 0.29) is 6.10 Å². The minimum atomic E-state index is -0.627. The van der Waals surface area contributed by atoms with Crippen LogP contribution in [0.3, 0.4) is 0 Å². The van der Waals surface area contributed by atoms with Crippen molar-refractivity contribution >= 4 is 6.09 Å². The van der Waals surface area contributed by atoms with Crippen molar-refractivity contribution in [2.75, 3.05) is 6.61 Å². The van der Waals surface area contributed by atoms with Gasteiger partial charge < -0.3 is 14.8 Å². The third kappa shape index (κ3) is 4.07. The molecule has 1 N–H and O–H groups in total. The number of hydrogen-bond acceptors (Lipinski definition) is 4. The fourth-order valence-electron chi connectivity index (χ4n) is 1.51. The van der Waals surface area contributed by atoms with Gasteiger partial charge in [0.25, 0.3) is 0 Å².